The van der Waals surface area contributed by atoms with Crippen molar-refractivity contribution >= 4 is 11.7 Å². The number of rotatable bonds is 2. The lowest BCUT2D eigenvalue weighted by Gasteiger charge is -2.26. The summed E-state index contributed by atoms with van der Waals surface area (Å²) in [7, 11) is 0. The van der Waals surface area contributed by atoms with Crippen LogP contribution in [0.15, 0.2) is 18.2 Å². The summed E-state index contributed by atoms with van der Waals surface area (Å²) in [5, 5.41) is 12.4. The van der Waals surface area contributed by atoms with Crippen molar-refractivity contribution in [1.29, 1.82) is 0 Å². The third kappa shape index (κ3) is 2.64. The Morgan fingerprint density at radius 1 is 1.44 bits per heavy atom. The Kier molecular flexibility index (Phi) is 3.87. The first kappa shape index (κ1) is 12.9. The average molecular weight is 248 g/mol. The summed E-state index contributed by atoms with van der Waals surface area (Å²) in [6.45, 7) is 7.00. The summed E-state index contributed by atoms with van der Waals surface area (Å²) in [6, 6.07) is 6.20. The van der Waals surface area contributed by atoms with E-state index in [1.165, 1.54) is 11.1 Å². The zero-order valence-corrected chi connectivity index (χ0v) is 10.9. The van der Waals surface area contributed by atoms with E-state index in [0.717, 1.165) is 18.8 Å². The van der Waals surface area contributed by atoms with Gasteiger partial charge in [-0.15, -0.1) is 0 Å². The second kappa shape index (κ2) is 5.40. The van der Waals surface area contributed by atoms with Crippen LogP contribution < -0.4 is 10.2 Å². The molecule has 1 aromatic rings. The number of anilines is 1. The molecule has 4 nitrogen and oxygen atoms in total. The van der Waals surface area contributed by atoms with Crippen LogP contribution in [0.4, 0.5) is 5.69 Å². The number of benzene rings is 1. The lowest BCUT2D eigenvalue weighted by atomic mass is 10.1. The van der Waals surface area contributed by atoms with Gasteiger partial charge in [0.2, 0.25) is 0 Å². The maximum absolute atomic E-state index is 11.2. The van der Waals surface area contributed by atoms with Crippen LogP contribution in [0, 0.1) is 19.8 Å². The van der Waals surface area contributed by atoms with Gasteiger partial charge >= 0.3 is 5.97 Å². The Morgan fingerprint density at radius 2 is 2.22 bits per heavy atom. The van der Waals surface area contributed by atoms with Gasteiger partial charge in [-0.05, 0) is 31.0 Å². The molecule has 2 rings (SSSR count). The van der Waals surface area contributed by atoms with E-state index in [9.17, 15) is 9.90 Å². The second-order valence-electron chi connectivity index (χ2n) is 4.90. The van der Waals surface area contributed by atoms with Crippen LogP contribution in [0.25, 0.3) is 0 Å². The lowest BCUT2D eigenvalue weighted by molar-refractivity contribution is -0.141. The quantitative estimate of drug-likeness (QED) is 0.831. The van der Waals surface area contributed by atoms with Crippen LogP contribution in [-0.2, 0) is 4.79 Å². The first-order valence-electron chi connectivity index (χ1n) is 6.34. The molecule has 0 saturated carbocycles. The molecule has 0 radical (unpaired) electrons. The molecule has 0 spiro atoms. The van der Waals surface area contributed by atoms with E-state index < -0.39 is 5.97 Å². The van der Waals surface area contributed by atoms with Crippen molar-refractivity contribution in [2.45, 2.75) is 13.8 Å². The lowest BCUT2D eigenvalue weighted by Crippen LogP contribution is -2.34. The van der Waals surface area contributed by atoms with E-state index in [0.29, 0.717) is 13.1 Å². The SMILES string of the molecule is Cc1cccc(N2CCNCC(C(=O)O)C2)c1C. The first-order chi connectivity index (χ1) is 8.59. The Balaban J connectivity index is 2.25. The molecule has 0 bridgehead atoms. The molecule has 1 unspecified atom stereocenters. The molecule has 1 fully saturated rings. The highest BCUT2D eigenvalue weighted by Crippen LogP contribution is 2.24. The van der Waals surface area contributed by atoms with Crippen LogP contribution in [0.1, 0.15) is 11.1 Å². The predicted octanol–water partition coefficient (Wildman–Crippen LogP) is 1.41. The van der Waals surface area contributed by atoms with Crippen molar-refractivity contribution in [3.8, 4) is 0 Å². The van der Waals surface area contributed by atoms with Gasteiger partial charge in [0.1, 0.15) is 0 Å². The number of aliphatic carboxylic acids is 1. The number of carboxylic acids is 1. The smallest absolute Gasteiger partial charge is 0.309 e. The average Bonchev–Trinajstić information content (AvgIpc) is 2.58. The van der Waals surface area contributed by atoms with Gasteiger partial charge in [0.05, 0.1) is 5.92 Å². The number of aryl methyl sites for hydroxylation is 1. The third-order valence-corrected chi connectivity index (χ3v) is 3.66. The summed E-state index contributed by atoms with van der Waals surface area (Å²) in [5.74, 6) is -1.06. The molecule has 4 heteroatoms. The molecule has 1 aliphatic rings. The number of carbonyl (C=O) groups is 1. The Morgan fingerprint density at radius 3 is 2.94 bits per heavy atom. The highest BCUT2D eigenvalue weighted by atomic mass is 16.4. The maximum Gasteiger partial charge on any atom is 0.309 e. The monoisotopic (exact) mass is 248 g/mol. The van der Waals surface area contributed by atoms with Gasteiger partial charge in [0, 0.05) is 31.9 Å². The summed E-state index contributed by atoms with van der Waals surface area (Å²) >= 11 is 0. The number of nitrogens with zero attached hydrogens (tertiary/aromatic N) is 1. The van der Waals surface area contributed by atoms with Crippen LogP contribution in [0.3, 0.4) is 0 Å². The van der Waals surface area contributed by atoms with Crippen LogP contribution in [0.2, 0.25) is 0 Å². The van der Waals surface area contributed by atoms with Crippen molar-refractivity contribution in [2.75, 3.05) is 31.1 Å². The molecule has 0 aromatic heterocycles. The van der Waals surface area contributed by atoms with Crippen LogP contribution in [0.5, 0.6) is 0 Å². The van der Waals surface area contributed by atoms with Gasteiger partial charge in [0.15, 0.2) is 0 Å². The standard InChI is InChI=1S/C14H20N2O2/c1-10-4-3-5-13(11(10)2)16-7-6-15-8-12(9-16)14(17)18/h3-5,12,15H,6-9H2,1-2H3,(H,17,18). The molecule has 18 heavy (non-hydrogen) atoms. The zero-order valence-electron chi connectivity index (χ0n) is 10.9. The van der Waals surface area contributed by atoms with Crippen molar-refractivity contribution in [3.05, 3.63) is 29.3 Å². The molecule has 1 aromatic carbocycles. The maximum atomic E-state index is 11.2. The number of hydrogen-bond donors (Lipinski definition) is 2. The number of hydrogen-bond acceptors (Lipinski definition) is 3. The van der Waals surface area contributed by atoms with Crippen LogP contribution >= 0.6 is 0 Å². The minimum absolute atomic E-state index is 0.340. The van der Waals surface area contributed by atoms with Gasteiger partial charge in [0.25, 0.3) is 0 Å². The minimum Gasteiger partial charge on any atom is -0.481 e. The second-order valence-corrected chi connectivity index (χ2v) is 4.90. The first-order valence-corrected chi connectivity index (χ1v) is 6.34. The summed E-state index contributed by atoms with van der Waals surface area (Å²) in [4.78, 5) is 13.4. The molecule has 1 atom stereocenters. The molecule has 0 aliphatic carbocycles. The number of carboxylic acid groups (broad SMARTS) is 1. The van der Waals surface area contributed by atoms with Gasteiger partial charge in [-0.1, -0.05) is 12.1 Å². The molecule has 1 saturated heterocycles. The van der Waals surface area contributed by atoms with Crippen molar-refractivity contribution < 1.29 is 9.90 Å². The van der Waals surface area contributed by atoms with E-state index >= 15 is 0 Å². The Labute approximate surface area is 108 Å². The summed E-state index contributed by atoms with van der Waals surface area (Å²) in [5.41, 5.74) is 3.64. The summed E-state index contributed by atoms with van der Waals surface area (Å²) < 4.78 is 0. The normalized spacial score (nSPS) is 20.6. The summed E-state index contributed by atoms with van der Waals surface area (Å²) in [6.07, 6.45) is 0. The highest BCUT2D eigenvalue weighted by molar-refractivity contribution is 5.71. The fraction of sp³-hybridized carbons (Fsp3) is 0.500. The predicted molar refractivity (Wildman–Crippen MR) is 72.1 cm³/mol. The molecule has 0 amide bonds. The van der Waals surface area contributed by atoms with Gasteiger partial charge in [-0.2, -0.15) is 0 Å². The topological polar surface area (TPSA) is 52.6 Å². The zero-order chi connectivity index (χ0) is 13.1. The molecular formula is C14H20N2O2. The van der Waals surface area contributed by atoms with Crippen molar-refractivity contribution in [1.82, 2.24) is 5.32 Å². The Bertz CT molecular complexity index is 445. The van der Waals surface area contributed by atoms with E-state index in [-0.39, 0.29) is 5.92 Å². The fourth-order valence-electron chi connectivity index (χ4n) is 2.37. The van der Waals surface area contributed by atoms with E-state index in [2.05, 4.69) is 36.2 Å². The van der Waals surface area contributed by atoms with Crippen LogP contribution in [-0.4, -0.2) is 37.3 Å². The Hall–Kier alpha value is -1.55. The molecule has 2 N–H and O–H groups in total. The van der Waals surface area contributed by atoms with E-state index in [4.69, 9.17) is 0 Å². The third-order valence-electron chi connectivity index (χ3n) is 3.66. The van der Waals surface area contributed by atoms with Gasteiger partial charge in [-0.3, -0.25) is 4.79 Å². The molecule has 98 valence electrons. The fourth-order valence-corrected chi connectivity index (χ4v) is 2.37. The number of nitrogens with one attached hydrogen (secondary N) is 1. The largest absolute Gasteiger partial charge is 0.481 e. The van der Waals surface area contributed by atoms with Gasteiger partial charge < -0.3 is 15.3 Å². The van der Waals surface area contributed by atoms with E-state index in [1.807, 2.05) is 6.07 Å². The highest BCUT2D eigenvalue weighted by Gasteiger charge is 2.24. The molecule has 1 heterocycles. The van der Waals surface area contributed by atoms with Gasteiger partial charge in [-0.25, -0.2) is 0 Å². The van der Waals surface area contributed by atoms with E-state index in [1.54, 1.807) is 0 Å². The van der Waals surface area contributed by atoms with Crippen molar-refractivity contribution in [2.24, 2.45) is 5.92 Å². The minimum atomic E-state index is -0.722. The molecule has 1 aliphatic heterocycles. The van der Waals surface area contributed by atoms with Crippen molar-refractivity contribution in [3.63, 3.8) is 0 Å². The molecular weight excluding hydrogens is 228 g/mol.